The Morgan fingerprint density at radius 2 is 2.05 bits per heavy atom. The maximum absolute atomic E-state index is 12.4. The third-order valence-electron chi connectivity index (χ3n) is 4.96. The third-order valence-corrected chi connectivity index (χ3v) is 4.96. The van der Waals surface area contributed by atoms with Crippen molar-refractivity contribution in [2.75, 3.05) is 6.61 Å². The maximum atomic E-state index is 12.4. The highest BCUT2D eigenvalue weighted by atomic mass is 16.6. The molecule has 5 heteroatoms. The van der Waals surface area contributed by atoms with E-state index in [1.807, 2.05) is 13.8 Å². The molecule has 3 rings (SSSR count). The van der Waals surface area contributed by atoms with Crippen LogP contribution in [0.4, 0.5) is 0 Å². The van der Waals surface area contributed by atoms with Gasteiger partial charge in [0.1, 0.15) is 6.10 Å². The first-order valence-corrected chi connectivity index (χ1v) is 7.58. The molecule has 0 N–H and O–H groups in total. The first-order chi connectivity index (χ1) is 9.56. The monoisotopic (exact) mass is 282 g/mol. The molecule has 20 heavy (non-hydrogen) atoms. The van der Waals surface area contributed by atoms with Crippen LogP contribution < -0.4 is 0 Å². The normalized spacial score (nSPS) is 45.4. The summed E-state index contributed by atoms with van der Waals surface area (Å²) in [5.41, 5.74) is 0. The molecule has 3 aliphatic rings. The Morgan fingerprint density at radius 1 is 1.30 bits per heavy atom. The molecule has 7 atom stereocenters. The van der Waals surface area contributed by atoms with Crippen molar-refractivity contribution in [2.24, 2.45) is 23.7 Å². The molecule has 1 saturated carbocycles. The number of epoxide rings is 1. The number of carbonyl (C=O) groups is 2. The average Bonchev–Trinajstić information content (AvgIpc) is 3.13. The van der Waals surface area contributed by atoms with Gasteiger partial charge in [-0.2, -0.15) is 0 Å². The van der Waals surface area contributed by atoms with Gasteiger partial charge >= 0.3 is 11.9 Å². The number of hydrogen-bond donors (Lipinski definition) is 0. The molecule has 2 saturated heterocycles. The van der Waals surface area contributed by atoms with Gasteiger partial charge in [-0.3, -0.25) is 9.59 Å². The van der Waals surface area contributed by atoms with E-state index in [9.17, 15) is 9.59 Å². The summed E-state index contributed by atoms with van der Waals surface area (Å²) < 4.78 is 16.3. The molecule has 0 amide bonds. The number of fused-ring (bicyclic) bond motifs is 3. The Morgan fingerprint density at radius 3 is 2.75 bits per heavy atom. The van der Waals surface area contributed by atoms with E-state index >= 15 is 0 Å². The van der Waals surface area contributed by atoms with E-state index in [0.717, 1.165) is 12.8 Å². The zero-order valence-electron chi connectivity index (χ0n) is 12.2. The molecule has 2 aliphatic heterocycles. The Hall–Kier alpha value is -1.10. The van der Waals surface area contributed by atoms with Crippen LogP contribution in [0.25, 0.3) is 0 Å². The second-order valence-corrected chi connectivity index (χ2v) is 6.22. The number of rotatable bonds is 4. The lowest BCUT2D eigenvalue weighted by atomic mass is 9.66. The largest absolute Gasteiger partial charge is 0.465 e. The van der Waals surface area contributed by atoms with E-state index < -0.39 is 0 Å². The quantitative estimate of drug-likeness (QED) is 0.444. The summed E-state index contributed by atoms with van der Waals surface area (Å²) >= 11 is 0. The Balaban J connectivity index is 1.77. The van der Waals surface area contributed by atoms with Crippen molar-refractivity contribution in [3.05, 3.63) is 0 Å². The van der Waals surface area contributed by atoms with Gasteiger partial charge in [0.05, 0.1) is 30.7 Å². The molecule has 0 aromatic heterocycles. The maximum Gasteiger partial charge on any atom is 0.312 e. The zero-order valence-corrected chi connectivity index (χ0v) is 12.2. The van der Waals surface area contributed by atoms with Crippen LogP contribution >= 0.6 is 0 Å². The molecule has 112 valence electrons. The summed E-state index contributed by atoms with van der Waals surface area (Å²) in [7, 11) is 0. The molecule has 0 aromatic carbocycles. The summed E-state index contributed by atoms with van der Waals surface area (Å²) in [6, 6.07) is 0. The molecule has 2 heterocycles. The number of carbonyl (C=O) groups excluding carboxylic acids is 2. The third kappa shape index (κ3) is 2.03. The molecule has 3 fully saturated rings. The van der Waals surface area contributed by atoms with Gasteiger partial charge in [-0.15, -0.1) is 0 Å². The molecular weight excluding hydrogens is 260 g/mol. The van der Waals surface area contributed by atoms with Crippen LogP contribution in [0, 0.1) is 23.7 Å². The zero-order chi connectivity index (χ0) is 14.4. The second-order valence-electron chi connectivity index (χ2n) is 6.22. The van der Waals surface area contributed by atoms with E-state index in [1.54, 1.807) is 0 Å². The highest BCUT2D eigenvalue weighted by Crippen LogP contribution is 2.54. The fraction of sp³-hybridized carbons (Fsp3) is 0.867. The highest BCUT2D eigenvalue weighted by Gasteiger charge is 2.67. The molecule has 0 unspecified atom stereocenters. The van der Waals surface area contributed by atoms with Crippen LogP contribution in [0.1, 0.15) is 33.6 Å². The highest BCUT2D eigenvalue weighted by molar-refractivity contribution is 5.81. The summed E-state index contributed by atoms with van der Waals surface area (Å²) in [5, 5.41) is 0. The van der Waals surface area contributed by atoms with Crippen molar-refractivity contribution < 1.29 is 23.8 Å². The van der Waals surface area contributed by atoms with Crippen LogP contribution in [0.2, 0.25) is 0 Å². The SMILES string of the molecule is CCCCOC(=O)[C@H]1[C@H](C)[C@H]2O[C@H]2[C@H]2C(=O)O[C@H](C)[C@H]21. The number of esters is 2. The lowest BCUT2D eigenvalue weighted by molar-refractivity contribution is -0.155. The molecule has 0 aromatic rings. The number of cyclic esters (lactones) is 1. The fourth-order valence-electron chi connectivity index (χ4n) is 3.85. The average molecular weight is 282 g/mol. The number of hydrogen-bond acceptors (Lipinski definition) is 5. The van der Waals surface area contributed by atoms with Crippen molar-refractivity contribution in [1.29, 1.82) is 0 Å². The molecule has 0 radical (unpaired) electrons. The number of ether oxygens (including phenoxy) is 3. The van der Waals surface area contributed by atoms with Crippen molar-refractivity contribution in [2.45, 2.75) is 51.9 Å². The lowest BCUT2D eigenvalue weighted by Crippen LogP contribution is -2.45. The molecule has 5 nitrogen and oxygen atoms in total. The van der Waals surface area contributed by atoms with Crippen LogP contribution in [0.5, 0.6) is 0 Å². The smallest absolute Gasteiger partial charge is 0.312 e. The van der Waals surface area contributed by atoms with Crippen molar-refractivity contribution in [1.82, 2.24) is 0 Å². The van der Waals surface area contributed by atoms with E-state index in [1.165, 1.54) is 0 Å². The topological polar surface area (TPSA) is 65.1 Å². The van der Waals surface area contributed by atoms with E-state index in [4.69, 9.17) is 14.2 Å². The van der Waals surface area contributed by atoms with E-state index in [0.29, 0.717) is 6.61 Å². The summed E-state index contributed by atoms with van der Waals surface area (Å²) in [6.07, 6.45) is 1.59. The minimum absolute atomic E-state index is 0.0119. The molecular formula is C15H22O5. The Bertz CT molecular complexity index is 420. The van der Waals surface area contributed by atoms with Gasteiger partial charge < -0.3 is 14.2 Å². The summed E-state index contributed by atoms with van der Waals surface area (Å²) in [4.78, 5) is 24.3. The molecule has 1 aliphatic carbocycles. The Kier molecular flexibility index (Phi) is 3.48. The first-order valence-electron chi connectivity index (χ1n) is 7.58. The van der Waals surface area contributed by atoms with Crippen molar-refractivity contribution in [3.8, 4) is 0 Å². The van der Waals surface area contributed by atoms with Gasteiger partial charge in [-0.1, -0.05) is 20.3 Å². The van der Waals surface area contributed by atoms with Gasteiger partial charge in [-0.25, -0.2) is 0 Å². The van der Waals surface area contributed by atoms with Crippen LogP contribution in [-0.4, -0.2) is 36.9 Å². The van der Waals surface area contributed by atoms with Crippen LogP contribution in [0.3, 0.4) is 0 Å². The predicted octanol–water partition coefficient (Wildman–Crippen LogP) is 1.54. The number of unbranched alkanes of at least 4 members (excludes halogenated alkanes) is 1. The van der Waals surface area contributed by atoms with Crippen LogP contribution in [0.15, 0.2) is 0 Å². The first kappa shape index (κ1) is 13.9. The van der Waals surface area contributed by atoms with Crippen LogP contribution in [-0.2, 0) is 23.8 Å². The van der Waals surface area contributed by atoms with Gasteiger partial charge in [0.25, 0.3) is 0 Å². The van der Waals surface area contributed by atoms with Gasteiger partial charge in [0, 0.05) is 5.92 Å². The van der Waals surface area contributed by atoms with Crippen molar-refractivity contribution >= 4 is 11.9 Å². The minimum Gasteiger partial charge on any atom is -0.465 e. The van der Waals surface area contributed by atoms with Gasteiger partial charge in [0.15, 0.2) is 0 Å². The second kappa shape index (κ2) is 5.02. The van der Waals surface area contributed by atoms with Crippen molar-refractivity contribution in [3.63, 3.8) is 0 Å². The summed E-state index contributed by atoms with van der Waals surface area (Å²) in [5.74, 6) is -0.993. The lowest BCUT2D eigenvalue weighted by Gasteiger charge is -2.33. The van der Waals surface area contributed by atoms with E-state index in [-0.39, 0.29) is 53.9 Å². The predicted molar refractivity (Wildman–Crippen MR) is 69.7 cm³/mol. The van der Waals surface area contributed by atoms with Gasteiger partial charge in [0.2, 0.25) is 0 Å². The molecule has 0 bridgehead atoms. The summed E-state index contributed by atoms with van der Waals surface area (Å²) in [6.45, 7) is 6.39. The fourth-order valence-corrected chi connectivity index (χ4v) is 3.85. The Labute approximate surface area is 118 Å². The van der Waals surface area contributed by atoms with E-state index in [2.05, 4.69) is 6.92 Å². The van der Waals surface area contributed by atoms with Gasteiger partial charge in [-0.05, 0) is 19.3 Å². The molecule has 0 spiro atoms. The standard InChI is InChI=1S/C15H22O5/c1-4-5-6-18-14(16)9-7(2)12-13(20-12)11-10(9)8(3)19-15(11)17/h7-13H,4-6H2,1-3H3/t7-,8+,9-,10-,11-,12+,13-/m0/s1. The minimum atomic E-state index is -0.290.